The van der Waals surface area contributed by atoms with Gasteiger partial charge in [-0.3, -0.25) is 0 Å². The van der Waals surface area contributed by atoms with Crippen molar-refractivity contribution in [3.05, 3.63) is 27.7 Å². The monoisotopic (exact) mass is 262 g/mol. The van der Waals surface area contributed by atoms with Crippen molar-refractivity contribution in [2.24, 2.45) is 0 Å². The van der Waals surface area contributed by atoms with Crippen LogP contribution in [0, 0.1) is 6.92 Å². The molecule has 0 radical (unpaired) electrons. The molecule has 0 heterocycles. The summed E-state index contributed by atoms with van der Waals surface area (Å²) in [6, 6.07) is 3.27. The molecule has 0 aliphatic carbocycles. The quantitative estimate of drug-likeness (QED) is 0.782. The van der Waals surface area contributed by atoms with Gasteiger partial charge in [-0.15, -0.1) is 0 Å². The van der Waals surface area contributed by atoms with Gasteiger partial charge in [0.2, 0.25) is 0 Å². The molecule has 0 aliphatic rings. The van der Waals surface area contributed by atoms with Crippen molar-refractivity contribution in [1.29, 1.82) is 0 Å². The molecule has 0 saturated carbocycles. The molecular formula is C11H12Cl2O3. The van der Waals surface area contributed by atoms with E-state index in [0.717, 1.165) is 5.56 Å². The van der Waals surface area contributed by atoms with Crippen LogP contribution >= 0.6 is 23.2 Å². The third kappa shape index (κ3) is 3.58. The predicted molar refractivity (Wildman–Crippen MR) is 63.3 cm³/mol. The van der Waals surface area contributed by atoms with Gasteiger partial charge in [0.05, 0.1) is 11.6 Å². The highest BCUT2D eigenvalue weighted by Gasteiger charge is 2.08. The smallest absolute Gasteiger partial charge is 0.344 e. The topological polar surface area (TPSA) is 35.5 Å². The van der Waals surface area contributed by atoms with Gasteiger partial charge in [0.1, 0.15) is 5.75 Å². The number of benzene rings is 1. The summed E-state index contributed by atoms with van der Waals surface area (Å²) in [6.07, 6.45) is 0. The lowest BCUT2D eigenvalue weighted by atomic mass is 10.2. The summed E-state index contributed by atoms with van der Waals surface area (Å²) >= 11 is 11.8. The molecule has 3 nitrogen and oxygen atoms in total. The molecule has 0 bridgehead atoms. The largest absolute Gasteiger partial charge is 0.480 e. The Hall–Kier alpha value is -0.930. The molecule has 1 aromatic carbocycles. The molecule has 0 spiro atoms. The fraction of sp³-hybridized carbons (Fsp3) is 0.364. The summed E-state index contributed by atoms with van der Waals surface area (Å²) in [7, 11) is 0. The van der Waals surface area contributed by atoms with Crippen molar-refractivity contribution in [2.45, 2.75) is 13.8 Å². The maximum atomic E-state index is 11.1. The molecule has 0 atom stereocenters. The first-order chi connectivity index (χ1) is 7.54. The van der Waals surface area contributed by atoms with Crippen LogP contribution in [0.4, 0.5) is 0 Å². The zero-order valence-corrected chi connectivity index (χ0v) is 10.6. The summed E-state index contributed by atoms with van der Waals surface area (Å²) in [5.41, 5.74) is 0.838. The van der Waals surface area contributed by atoms with E-state index in [0.29, 0.717) is 22.4 Å². The molecule has 1 aromatic rings. The summed E-state index contributed by atoms with van der Waals surface area (Å²) < 4.78 is 9.95. The van der Waals surface area contributed by atoms with Crippen molar-refractivity contribution >= 4 is 29.2 Å². The van der Waals surface area contributed by atoms with Crippen LogP contribution in [0.3, 0.4) is 0 Å². The van der Waals surface area contributed by atoms with Crippen LogP contribution in [0.25, 0.3) is 0 Å². The lowest BCUT2D eigenvalue weighted by molar-refractivity contribution is -0.145. The van der Waals surface area contributed by atoms with Crippen molar-refractivity contribution in [1.82, 2.24) is 0 Å². The van der Waals surface area contributed by atoms with Gasteiger partial charge in [-0.25, -0.2) is 4.79 Å². The number of ether oxygens (including phenoxy) is 2. The SMILES string of the molecule is CCOC(=O)COc1cc(C)c(Cl)cc1Cl. The molecule has 0 saturated heterocycles. The van der Waals surface area contributed by atoms with Crippen LogP contribution < -0.4 is 4.74 Å². The van der Waals surface area contributed by atoms with Gasteiger partial charge < -0.3 is 9.47 Å². The van der Waals surface area contributed by atoms with Crippen molar-refractivity contribution in [3.63, 3.8) is 0 Å². The van der Waals surface area contributed by atoms with Crippen molar-refractivity contribution in [3.8, 4) is 5.75 Å². The Bertz CT molecular complexity index is 391. The second kappa shape index (κ2) is 5.97. The highest BCUT2D eigenvalue weighted by molar-refractivity contribution is 6.36. The van der Waals surface area contributed by atoms with Crippen molar-refractivity contribution < 1.29 is 14.3 Å². The molecule has 0 unspecified atom stereocenters. The highest BCUT2D eigenvalue weighted by Crippen LogP contribution is 2.30. The van der Waals surface area contributed by atoms with Gasteiger partial charge in [-0.1, -0.05) is 23.2 Å². The first-order valence-electron chi connectivity index (χ1n) is 4.78. The number of hydrogen-bond donors (Lipinski definition) is 0. The second-order valence-electron chi connectivity index (χ2n) is 3.13. The zero-order chi connectivity index (χ0) is 12.1. The van der Waals surface area contributed by atoms with Crippen LogP contribution in [-0.4, -0.2) is 19.2 Å². The number of carbonyl (C=O) groups is 1. The van der Waals surface area contributed by atoms with E-state index in [9.17, 15) is 4.79 Å². The summed E-state index contributed by atoms with van der Waals surface area (Å²) in [5.74, 6) is 0.00258. The Labute approximate surface area is 104 Å². The van der Waals surface area contributed by atoms with E-state index >= 15 is 0 Å². The Kier molecular flexibility index (Phi) is 4.90. The number of halogens is 2. The first kappa shape index (κ1) is 13.1. The number of carbonyl (C=O) groups excluding carboxylic acids is 1. The molecular weight excluding hydrogens is 251 g/mol. The zero-order valence-electron chi connectivity index (χ0n) is 9.05. The lowest BCUT2D eigenvalue weighted by Crippen LogP contribution is -2.14. The number of esters is 1. The standard InChI is InChI=1S/C11H12Cl2O3/c1-3-15-11(14)6-16-10-4-7(2)8(12)5-9(10)13/h4-5H,3,6H2,1-2H3. The van der Waals surface area contributed by atoms with E-state index in [4.69, 9.17) is 32.7 Å². The second-order valence-corrected chi connectivity index (χ2v) is 3.94. The van der Waals surface area contributed by atoms with Gasteiger partial charge in [0.25, 0.3) is 0 Å². The summed E-state index contributed by atoms with van der Waals surface area (Å²) in [6.45, 7) is 3.73. The number of hydrogen-bond acceptors (Lipinski definition) is 3. The van der Waals surface area contributed by atoms with E-state index in [1.54, 1.807) is 19.1 Å². The molecule has 0 amide bonds. The van der Waals surface area contributed by atoms with Gasteiger partial charge in [0.15, 0.2) is 6.61 Å². The number of aryl methyl sites for hydroxylation is 1. The van der Waals surface area contributed by atoms with Crippen LogP contribution in [0.15, 0.2) is 12.1 Å². The van der Waals surface area contributed by atoms with Crippen LogP contribution in [0.1, 0.15) is 12.5 Å². The molecule has 0 N–H and O–H groups in total. The van der Waals surface area contributed by atoms with E-state index in [-0.39, 0.29) is 6.61 Å². The van der Waals surface area contributed by atoms with Crippen LogP contribution in [-0.2, 0) is 9.53 Å². The average Bonchev–Trinajstić information content (AvgIpc) is 2.22. The Morgan fingerprint density at radius 1 is 1.31 bits per heavy atom. The Balaban J connectivity index is 2.67. The maximum Gasteiger partial charge on any atom is 0.344 e. The maximum absolute atomic E-state index is 11.1. The summed E-state index contributed by atoms with van der Waals surface area (Å²) in [5, 5.41) is 0.938. The van der Waals surface area contributed by atoms with Gasteiger partial charge in [-0.05, 0) is 31.5 Å². The first-order valence-corrected chi connectivity index (χ1v) is 5.54. The molecule has 88 valence electrons. The molecule has 0 fully saturated rings. The Morgan fingerprint density at radius 3 is 2.62 bits per heavy atom. The van der Waals surface area contributed by atoms with Crippen LogP contribution in [0.5, 0.6) is 5.75 Å². The highest BCUT2D eigenvalue weighted by atomic mass is 35.5. The van der Waals surface area contributed by atoms with E-state index < -0.39 is 5.97 Å². The van der Waals surface area contributed by atoms with Crippen molar-refractivity contribution in [2.75, 3.05) is 13.2 Å². The molecule has 1 rings (SSSR count). The minimum absolute atomic E-state index is 0.158. The average molecular weight is 263 g/mol. The fourth-order valence-electron chi connectivity index (χ4n) is 1.08. The summed E-state index contributed by atoms with van der Waals surface area (Å²) in [4.78, 5) is 11.1. The molecule has 16 heavy (non-hydrogen) atoms. The minimum atomic E-state index is -0.425. The van der Waals surface area contributed by atoms with Crippen LogP contribution in [0.2, 0.25) is 10.0 Å². The predicted octanol–water partition coefficient (Wildman–Crippen LogP) is 3.24. The van der Waals surface area contributed by atoms with E-state index in [1.807, 2.05) is 6.92 Å². The molecule has 0 aromatic heterocycles. The van der Waals surface area contributed by atoms with Gasteiger partial charge in [-0.2, -0.15) is 0 Å². The third-order valence-electron chi connectivity index (χ3n) is 1.86. The normalized spacial score (nSPS) is 10.0. The third-order valence-corrected chi connectivity index (χ3v) is 2.57. The fourth-order valence-corrected chi connectivity index (χ4v) is 1.52. The Morgan fingerprint density at radius 2 is 2.00 bits per heavy atom. The van der Waals surface area contributed by atoms with E-state index in [1.165, 1.54) is 0 Å². The van der Waals surface area contributed by atoms with Gasteiger partial charge in [0, 0.05) is 5.02 Å². The molecule has 0 aliphatic heterocycles. The van der Waals surface area contributed by atoms with E-state index in [2.05, 4.69) is 0 Å². The van der Waals surface area contributed by atoms with Gasteiger partial charge >= 0.3 is 5.97 Å². The minimum Gasteiger partial charge on any atom is -0.480 e. The number of rotatable bonds is 4. The molecule has 5 heteroatoms. The lowest BCUT2D eigenvalue weighted by Gasteiger charge is -2.09.